The number of carbonyl (C=O) groups is 1. The number of sulfonamides is 1. The fourth-order valence-electron chi connectivity index (χ4n) is 4.11. The van der Waals surface area contributed by atoms with Crippen molar-refractivity contribution in [2.75, 3.05) is 46.1 Å². The molecule has 1 amide bonds. The van der Waals surface area contributed by atoms with E-state index in [1.807, 2.05) is 0 Å². The minimum absolute atomic E-state index is 0.0609. The first kappa shape index (κ1) is 22.9. The quantitative estimate of drug-likeness (QED) is 0.575. The zero-order valence-corrected chi connectivity index (χ0v) is 18.7. The van der Waals surface area contributed by atoms with Crippen molar-refractivity contribution in [3.8, 4) is 0 Å². The molecule has 0 spiro atoms. The minimum atomic E-state index is -3.70. The van der Waals surface area contributed by atoms with Gasteiger partial charge in [0.05, 0.1) is 37.5 Å². The van der Waals surface area contributed by atoms with Crippen LogP contribution in [0.25, 0.3) is 0 Å². The van der Waals surface area contributed by atoms with Crippen molar-refractivity contribution < 1.29 is 27.1 Å². The van der Waals surface area contributed by atoms with E-state index in [2.05, 4.69) is 14.9 Å². The van der Waals surface area contributed by atoms with Crippen LogP contribution in [0.15, 0.2) is 52.0 Å². The summed E-state index contributed by atoms with van der Waals surface area (Å²) in [6.07, 6.45) is 2.47. The lowest BCUT2D eigenvalue weighted by Gasteiger charge is -2.37. The molecule has 3 heterocycles. The van der Waals surface area contributed by atoms with Gasteiger partial charge in [0.25, 0.3) is 5.91 Å². The Morgan fingerprint density at radius 1 is 1.09 bits per heavy atom. The van der Waals surface area contributed by atoms with E-state index in [1.54, 1.807) is 12.1 Å². The van der Waals surface area contributed by atoms with Crippen molar-refractivity contribution in [3.63, 3.8) is 0 Å². The van der Waals surface area contributed by atoms with Gasteiger partial charge in [-0.1, -0.05) is 0 Å². The summed E-state index contributed by atoms with van der Waals surface area (Å²) in [7, 11) is -3.70. The van der Waals surface area contributed by atoms with Crippen LogP contribution in [0.2, 0.25) is 0 Å². The zero-order valence-electron chi connectivity index (χ0n) is 17.9. The standard InChI is InChI=1S/C22H29N3O6S/c26-22(23-15-21(18-7-11-30-16-18)25-8-12-29-13-9-25)17-3-5-20(6-4-17)32(27,28)24-14-19-2-1-10-31-19/h1-6,10,18,21,24H,7-9,11-16H2,(H,23,26). The molecule has 1 aromatic heterocycles. The molecule has 2 aromatic rings. The van der Waals surface area contributed by atoms with E-state index >= 15 is 0 Å². The largest absolute Gasteiger partial charge is 0.468 e. The van der Waals surface area contributed by atoms with Gasteiger partial charge in [-0.25, -0.2) is 13.1 Å². The molecule has 10 heteroatoms. The molecule has 2 saturated heterocycles. The van der Waals surface area contributed by atoms with Crippen LogP contribution in [0.4, 0.5) is 0 Å². The summed E-state index contributed by atoms with van der Waals surface area (Å²) in [6, 6.07) is 9.50. The maximum absolute atomic E-state index is 12.7. The Bertz CT molecular complexity index is 966. The number of benzene rings is 1. The number of amides is 1. The second-order valence-corrected chi connectivity index (χ2v) is 9.74. The lowest BCUT2D eigenvalue weighted by Crippen LogP contribution is -2.52. The third kappa shape index (κ3) is 5.76. The third-order valence-corrected chi connectivity index (χ3v) is 7.36. The van der Waals surface area contributed by atoms with Gasteiger partial charge in [-0.2, -0.15) is 0 Å². The molecule has 2 fully saturated rings. The van der Waals surface area contributed by atoms with Crippen molar-refractivity contribution in [2.24, 2.45) is 5.92 Å². The summed E-state index contributed by atoms with van der Waals surface area (Å²) < 4.78 is 43.6. The predicted octanol–water partition coefficient (Wildman–Crippen LogP) is 1.23. The van der Waals surface area contributed by atoms with Gasteiger partial charge in [-0.3, -0.25) is 9.69 Å². The van der Waals surface area contributed by atoms with Gasteiger partial charge >= 0.3 is 0 Å². The number of hydrogen-bond donors (Lipinski definition) is 2. The highest BCUT2D eigenvalue weighted by atomic mass is 32.2. The summed E-state index contributed by atoms with van der Waals surface area (Å²) >= 11 is 0. The van der Waals surface area contributed by atoms with Gasteiger partial charge in [0, 0.05) is 43.8 Å². The van der Waals surface area contributed by atoms with Crippen LogP contribution in [-0.4, -0.2) is 71.3 Å². The molecule has 0 bridgehead atoms. The Hall–Kier alpha value is -2.24. The Morgan fingerprint density at radius 3 is 2.53 bits per heavy atom. The normalized spacial score (nSPS) is 20.8. The molecule has 0 radical (unpaired) electrons. The molecule has 2 atom stereocenters. The molecular formula is C22H29N3O6S. The van der Waals surface area contributed by atoms with Gasteiger partial charge in [-0.05, 0) is 42.8 Å². The van der Waals surface area contributed by atoms with E-state index in [4.69, 9.17) is 13.9 Å². The molecule has 4 rings (SSSR count). The van der Waals surface area contributed by atoms with E-state index in [9.17, 15) is 13.2 Å². The molecule has 0 aliphatic carbocycles. The Kier molecular flexibility index (Phi) is 7.59. The van der Waals surface area contributed by atoms with E-state index in [0.717, 1.165) is 26.1 Å². The highest BCUT2D eigenvalue weighted by Gasteiger charge is 2.31. The lowest BCUT2D eigenvalue weighted by atomic mass is 9.96. The number of morpholine rings is 1. The van der Waals surface area contributed by atoms with E-state index < -0.39 is 10.0 Å². The minimum Gasteiger partial charge on any atom is -0.468 e. The van der Waals surface area contributed by atoms with Gasteiger partial charge < -0.3 is 19.2 Å². The van der Waals surface area contributed by atoms with Crippen molar-refractivity contribution >= 4 is 15.9 Å². The Balaban J connectivity index is 1.35. The highest BCUT2D eigenvalue weighted by Crippen LogP contribution is 2.22. The average molecular weight is 464 g/mol. The van der Waals surface area contributed by atoms with Crippen LogP contribution < -0.4 is 10.0 Å². The summed E-state index contributed by atoms with van der Waals surface area (Å²) in [5, 5.41) is 3.02. The van der Waals surface area contributed by atoms with Crippen LogP contribution in [-0.2, 0) is 26.0 Å². The van der Waals surface area contributed by atoms with E-state index in [1.165, 1.54) is 30.5 Å². The van der Waals surface area contributed by atoms with Crippen LogP contribution in [0.3, 0.4) is 0 Å². The molecular weight excluding hydrogens is 434 g/mol. The number of hydrogen-bond acceptors (Lipinski definition) is 7. The smallest absolute Gasteiger partial charge is 0.251 e. The number of carbonyl (C=O) groups excluding carboxylic acids is 1. The second-order valence-electron chi connectivity index (χ2n) is 7.98. The molecule has 9 nitrogen and oxygen atoms in total. The zero-order chi connectivity index (χ0) is 22.4. The van der Waals surface area contributed by atoms with Crippen LogP contribution in [0, 0.1) is 5.92 Å². The highest BCUT2D eigenvalue weighted by molar-refractivity contribution is 7.89. The third-order valence-electron chi connectivity index (χ3n) is 5.94. The number of nitrogens with zero attached hydrogens (tertiary/aromatic N) is 1. The number of rotatable bonds is 9. The first-order chi connectivity index (χ1) is 15.5. The monoisotopic (exact) mass is 463 g/mol. The average Bonchev–Trinajstić information content (AvgIpc) is 3.53. The Labute approximate surface area is 188 Å². The Morgan fingerprint density at radius 2 is 1.88 bits per heavy atom. The summed E-state index contributed by atoms with van der Waals surface area (Å²) in [6.45, 7) is 5.11. The molecule has 2 aliphatic rings. The summed E-state index contributed by atoms with van der Waals surface area (Å²) in [5.74, 6) is 0.669. The molecule has 174 valence electrons. The van der Waals surface area contributed by atoms with E-state index in [-0.39, 0.29) is 23.4 Å². The molecule has 0 saturated carbocycles. The maximum Gasteiger partial charge on any atom is 0.251 e. The summed E-state index contributed by atoms with van der Waals surface area (Å²) in [5.41, 5.74) is 0.415. The van der Waals surface area contributed by atoms with Crippen molar-refractivity contribution in [1.29, 1.82) is 0 Å². The lowest BCUT2D eigenvalue weighted by molar-refractivity contribution is 0.00166. The number of furan rings is 1. The van der Waals surface area contributed by atoms with Gasteiger partial charge in [-0.15, -0.1) is 0 Å². The molecule has 2 unspecified atom stereocenters. The topological polar surface area (TPSA) is 110 Å². The number of ether oxygens (including phenoxy) is 2. The van der Waals surface area contributed by atoms with Crippen LogP contribution in [0.1, 0.15) is 22.5 Å². The van der Waals surface area contributed by atoms with E-state index in [0.29, 0.717) is 43.6 Å². The maximum atomic E-state index is 12.7. The molecule has 2 aliphatic heterocycles. The summed E-state index contributed by atoms with van der Waals surface area (Å²) in [4.78, 5) is 15.2. The predicted molar refractivity (Wildman–Crippen MR) is 117 cm³/mol. The first-order valence-electron chi connectivity index (χ1n) is 10.8. The number of nitrogens with one attached hydrogen (secondary N) is 2. The second kappa shape index (κ2) is 10.6. The SMILES string of the molecule is O=C(NCC(C1CCOC1)N1CCOCC1)c1ccc(S(=O)(=O)NCc2ccco2)cc1. The van der Waals surface area contributed by atoms with Crippen molar-refractivity contribution in [1.82, 2.24) is 14.9 Å². The van der Waals surface area contributed by atoms with Crippen molar-refractivity contribution in [3.05, 3.63) is 54.0 Å². The van der Waals surface area contributed by atoms with Gasteiger partial charge in [0.2, 0.25) is 10.0 Å². The van der Waals surface area contributed by atoms with Crippen molar-refractivity contribution in [2.45, 2.75) is 23.9 Å². The fourth-order valence-corrected chi connectivity index (χ4v) is 5.10. The molecule has 2 N–H and O–H groups in total. The van der Waals surface area contributed by atoms with Gasteiger partial charge in [0.1, 0.15) is 5.76 Å². The first-order valence-corrected chi connectivity index (χ1v) is 12.3. The van der Waals surface area contributed by atoms with Crippen LogP contribution >= 0.6 is 0 Å². The van der Waals surface area contributed by atoms with Gasteiger partial charge in [0.15, 0.2) is 0 Å². The van der Waals surface area contributed by atoms with Crippen LogP contribution in [0.5, 0.6) is 0 Å². The molecule has 1 aromatic carbocycles. The molecule has 32 heavy (non-hydrogen) atoms. The fraction of sp³-hybridized carbons (Fsp3) is 0.500.